The zero-order valence-electron chi connectivity index (χ0n) is 10.9. The zero-order valence-corrected chi connectivity index (χ0v) is 12.5. The highest BCUT2D eigenvalue weighted by Gasteiger charge is 2.28. The lowest BCUT2D eigenvalue weighted by molar-refractivity contribution is 0.365. The molecule has 2 atom stereocenters. The molecule has 18 heavy (non-hydrogen) atoms. The zero-order chi connectivity index (χ0) is 13.0. The Kier molecular flexibility index (Phi) is 5.22. The number of hydrogen-bond donors (Lipinski definition) is 1. The van der Waals surface area contributed by atoms with E-state index in [4.69, 9.17) is 16.3 Å². The van der Waals surface area contributed by atoms with Crippen LogP contribution in [-0.4, -0.2) is 25.2 Å². The first-order chi connectivity index (χ1) is 8.76. The fourth-order valence-corrected chi connectivity index (χ4v) is 3.99. The van der Waals surface area contributed by atoms with Gasteiger partial charge in [-0.05, 0) is 48.6 Å². The number of rotatable bonds is 5. The van der Waals surface area contributed by atoms with E-state index in [1.807, 2.05) is 30.0 Å². The molecule has 1 fully saturated rings. The van der Waals surface area contributed by atoms with Gasteiger partial charge in [-0.25, -0.2) is 0 Å². The van der Waals surface area contributed by atoms with Gasteiger partial charge in [-0.2, -0.15) is 11.8 Å². The van der Waals surface area contributed by atoms with Crippen LogP contribution in [0, 0.1) is 5.92 Å². The first-order valence-corrected chi connectivity index (χ1v) is 7.94. The summed E-state index contributed by atoms with van der Waals surface area (Å²) in [7, 11) is 1.72. The summed E-state index contributed by atoms with van der Waals surface area (Å²) in [5.74, 6) is 4.08. The van der Waals surface area contributed by atoms with Crippen molar-refractivity contribution in [1.82, 2.24) is 5.32 Å². The molecule has 2 nitrogen and oxygen atoms in total. The predicted molar refractivity (Wildman–Crippen MR) is 79.9 cm³/mol. The first kappa shape index (κ1) is 14.0. The van der Waals surface area contributed by atoms with Crippen molar-refractivity contribution in [3.8, 4) is 5.75 Å². The summed E-state index contributed by atoms with van der Waals surface area (Å²) >= 11 is 8.17. The third kappa shape index (κ3) is 3.14. The van der Waals surface area contributed by atoms with Crippen molar-refractivity contribution in [2.24, 2.45) is 5.92 Å². The van der Waals surface area contributed by atoms with Crippen molar-refractivity contribution in [2.75, 3.05) is 25.2 Å². The van der Waals surface area contributed by atoms with Gasteiger partial charge < -0.3 is 10.1 Å². The molecule has 2 unspecified atom stereocenters. The van der Waals surface area contributed by atoms with Gasteiger partial charge >= 0.3 is 0 Å². The summed E-state index contributed by atoms with van der Waals surface area (Å²) in [5.41, 5.74) is 1.19. The second-order valence-corrected chi connectivity index (χ2v) is 6.13. The molecule has 1 aromatic rings. The molecule has 2 rings (SSSR count). The topological polar surface area (TPSA) is 21.3 Å². The van der Waals surface area contributed by atoms with Crippen LogP contribution in [0.2, 0.25) is 5.02 Å². The quantitative estimate of drug-likeness (QED) is 0.890. The van der Waals surface area contributed by atoms with E-state index in [2.05, 4.69) is 12.2 Å². The largest absolute Gasteiger partial charge is 0.496 e. The summed E-state index contributed by atoms with van der Waals surface area (Å²) in [6.07, 6.45) is 1.26. The molecular formula is C14H20ClNOS. The predicted octanol–water partition coefficient (Wildman–Crippen LogP) is 3.75. The van der Waals surface area contributed by atoms with Crippen molar-refractivity contribution >= 4 is 23.4 Å². The van der Waals surface area contributed by atoms with Gasteiger partial charge in [-0.15, -0.1) is 0 Å². The molecule has 1 N–H and O–H groups in total. The van der Waals surface area contributed by atoms with Gasteiger partial charge in [0, 0.05) is 16.6 Å². The van der Waals surface area contributed by atoms with Gasteiger partial charge in [0.15, 0.2) is 0 Å². The molecule has 0 aliphatic carbocycles. The maximum atomic E-state index is 6.14. The Balaban J connectivity index is 2.31. The number of benzene rings is 1. The monoisotopic (exact) mass is 285 g/mol. The van der Waals surface area contributed by atoms with E-state index >= 15 is 0 Å². The van der Waals surface area contributed by atoms with E-state index in [1.165, 1.54) is 23.5 Å². The second kappa shape index (κ2) is 6.69. The molecule has 1 aliphatic heterocycles. The molecule has 0 aromatic heterocycles. The summed E-state index contributed by atoms with van der Waals surface area (Å²) in [6.45, 7) is 3.10. The van der Waals surface area contributed by atoms with Crippen molar-refractivity contribution < 1.29 is 4.74 Å². The fourth-order valence-electron chi connectivity index (χ4n) is 2.51. The highest BCUT2D eigenvalue weighted by atomic mass is 35.5. The SMILES string of the molecule is CCNC(c1cc(Cl)ccc1OC)C1CCSC1. The summed E-state index contributed by atoms with van der Waals surface area (Å²) in [6, 6.07) is 6.23. The van der Waals surface area contributed by atoms with Crippen LogP contribution < -0.4 is 10.1 Å². The van der Waals surface area contributed by atoms with Gasteiger partial charge in [-0.3, -0.25) is 0 Å². The molecule has 100 valence electrons. The molecule has 0 saturated carbocycles. The van der Waals surface area contributed by atoms with E-state index in [0.717, 1.165) is 17.3 Å². The van der Waals surface area contributed by atoms with Gasteiger partial charge in [0.25, 0.3) is 0 Å². The van der Waals surface area contributed by atoms with Crippen molar-refractivity contribution in [3.05, 3.63) is 28.8 Å². The van der Waals surface area contributed by atoms with E-state index in [-0.39, 0.29) is 0 Å². The number of hydrogen-bond acceptors (Lipinski definition) is 3. The van der Waals surface area contributed by atoms with Crippen LogP contribution in [0.15, 0.2) is 18.2 Å². The van der Waals surface area contributed by atoms with Gasteiger partial charge in [0.1, 0.15) is 5.75 Å². The molecule has 0 spiro atoms. The summed E-state index contributed by atoms with van der Waals surface area (Å²) in [5, 5.41) is 4.37. The van der Waals surface area contributed by atoms with Gasteiger partial charge in [0.05, 0.1) is 7.11 Å². The minimum atomic E-state index is 0.346. The molecular weight excluding hydrogens is 266 g/mol. The molecule has 4 heteroatoms. The lowest BCUT2D eigenvalue weighted by Crippen LogP contribution is -2.28. The Hall–Kier alpha value is -0.380. The Morgan fingerprint density at radius 1 is 1.56 bits per heavy atom. The van der Waals surface area contributed by atoms with Crippen LogP contribution >= 0.6 is 23.4 Å². The van der Waals surface area contributed by atoms with Crippen LogP contribution in [0.5, 0.6) is 5.75 Å². The van der Waals surface area contributed by atoms with Crippen molar-refractivity contribution in [1.29, 1.82) is 0 Å². The Morgan fingerprint density at radius 3 is 3.00 bits per heavy atom. The number of halogens is 1. The summed E-state index contributed by atoms with van der Waals surface area (Å²) < 4.78 is 5.48. The molecule has 1 heterocycles. The van der Waals surface area contributed by atoms with Crippen LogP contribution in [0.3, 0.4) is 0 Å². The summed E-state index contributed by atoms with van der Waals surface area (Å²) in [4.78, 5) is 0. The van der Waals surface area contributed by atoms with Gasteiger partial charge in [0.2, 0.25) is 0 Å². The maximum Gasteiger partial charge on any atom is 0.123 e. The molecule has 1 aromatic carbocycles. The van der Waals surface area contributed by atoms with Gasteiger partial charge in [-0.1, -0.05) is 18.5 Å². The number of methoxy groups -OCH3 is 1. The van der Waals surface area contributed by atoms with Crippen molar-refractivity contribution in [3.63, 3.8) is 0 Å². The first-order valence-electron chi connectivity index (χ1n) is 6.40. The van der Waals surface area contributed by atoms with E-state index in [1.54, 1.807) is 7.11 Å². The van der Waals surface area contributed by atoms with Crippen molar-refractivity contribution in [2.45, 2.75) is 19.4 Å². The standard InChI is InChI=1S/C14H20ClNOS/c1-3-16-14(10-6-7-18-9-10)12-8-11(15)4-5-13(12)17-2/h4-5,8,10,14,16H,3,6-7,9H2,1-2H3. The minimum Gasteiger partial charge on any atom is -0.496 e. The Morgan fingerprint density at radius 2 is 2.39 bits per heavy atom. The van der Waals surface area contributed by atoms with Crippen LogP contribution in [0.25, 0.3) is 0 Å². The minimum absolute atomic E-state index is 0.346. The third-order valence-electron chi connectivity index (χ3n) is 3.39. The molecule has 0 radical (unpaired) electrons. The molecule has 1 aliphatic rings. The highest BCUT2D eigenvalue weighted by Crippen LogP contribution is 2.38. The van der Waals surface area contributed by atoms with E-state index in [9.17, 15) is 0 Å². The van der Waals surface area contributed by atoms with Crippen LogP contribution in [0.4, 0.5) is 0 Å². The lowest BCUT2D eigenvalue weighted by Gasteiger charge is -2.26. The smallest absolute Gasteiger partial charge is 0.123 e. The third-order valence-corrected chi connectivity index (χ3v) is 4.81. The van der Waals surface area contributed by atoms with Crippen LogP contribution in [0.1, 0.15) is 24.9 Å². The number of thioether (sulfide) groups is 1. The average molecular weight is 286 g/mol. The highest BCUT2D eigenvalue weighted by molar-refractivity contribution is 7.99. The second-order valence-electron chi connectivity index (χ2n) is 4.55. The van der Waals surface area contributed by atoms with Crippen LogP contribution in [-0.2, 0) is 0 Å². The molecule has 0 bridgehead atoms. The number of ether oxygens (including phenoxy) is 1. The fraction of sp³-hybridized carbons (Fsp3) is 0.571. The van der Waals surface area contributed by atoms with E-state index in [0.29, 0.717) is 12.0 Å². The number of nitrogens with one attached hydrogen (secondary N) is 1. The molecule has 0 amide bonds. The average Bonchev–Trinajstić information content (AvgIpc) is 2.89. The normalized spacial score (nSPS) is 20.9. The lowest BCUT2D eigenvalue weighted by atomic mass is 9.91. The molecule has 1 saturated heterocycles. The maximum absolute atomic E-state index is 6.14. The van der Waals surface area contributed by atoms with E-state index < -0.39 is 0 Å². The Labute approximate surface area is 118 Å². The Bertz CT molecular complexity index is 393.